The molecule has 1 fully saturated rings. The topological polar surface area (TPSA) is 8.17 Å². The summed E-state index contributed by atoms with van der Waals surface area (Å²) in [5.74, 6) is 0.558. The molecule has 2 heteroatoms. The molecule has 13 aromatic rings. The van der Waals surface area contributed by atoms with E-state index in [2.05, 4.69) is 295 Å². The molecule has 79 heavy (non-hydrogen) atoms. The van der Waals surface area contributed by atoms with Crippen molar-refractivity contribution < 1.29 is 0 Å². The van der Waals surface area contributed by atoms with Gasteiger partial charge in [-0.25, -0.2) is 0 Å². The van der Waals surface area contributed by atoms with E-state index < -0.39 is 5.41 Å². The number of rotatable bonds is 10. The van der Waals surface area contributed by atoms with Gasteiger partial charge in [0.15, 0.2) is 0 Å². The zero-order valence-corrected chi connectivity index (χ0v) is 44.1. The maximum Gasteiger partial charge on any atom is 0.0713 e. The van der Waals surface area contributed by atoms with E-state index in [1.807, 2.05) is 0 Å². The third kappa shape index (κ3) is 7.77. The zero-order valence-electron chi connectivity index (χ0n) is 44.1. The summed E-state index contributed by atoms with van der Waals surface area (Å²) < 4.78 is 2.41. The average Bonchev–Trinajstić information content (AvgIpc) is 4.22. The van der Waals surface area contributed by atoms with Crippen molar-refractivity contribution >= 4 is 49.6 Å². The van der Waals surface area contributed by atoms with Crippen LogP contribution in [0.15, 0.2) is 285 Å². The molecule has 0 spiro atoms. The van der Waals surface area contributed by atoms with Gasteiger partial charge in [0.1, 0.15) is 0 Å². The normalized spacial score (nSPS) is 13.9. The summed E-state index contributed by atoms with van der Waals surface area (Å²) in [6, 6.07) is 106. The molecule has 0 N–H and O–H groups in total. The highest BCUT2D eigenvalue weighted by Crippen LogP contribution is 2.57. The van der Waals surface area contributed by atoms with E-state index in [1.54, 1.807) is 0 Å². The van der Waals surface area contributed by atoms with Gasteiger partial charge in [0, 0.05) is 33.4 Å². The van der Waals surface area contributed by atoms with E-state index in [1.165, 1.54) is 131 Å². The van der Waals surface area contributed by atoms with Crippen LogP contribution in [-0.2, 0) is 5.41 Å². The third-order valence-electron chi connectivity index (χ3n) is 17.5. The van der Waals surface area contributed by atoms with Gasteiger partial charge in [-0.3, -0.25) is 0 Å². The first-order valence-electron chi connectivity index (χ1n) is 28.3. The molecule has 15 rings (SSSR count). The van der Waals surface area contributed by atoms with Crippen LogP contribution in [0, 0.1) is 0 Å². The summed E-state index contributed by atoms with van der Waals surface area (Å²) in [5, 5.41) is 5.19. The summed E-state index contributed by atoms with van der Waals surface area (Å²) in [5.41, 5.74) is 22.8. The van der Waals surface area contributed by atoms with Gasteiger partial charge in [0.2, 0.25) is 0 Å². The molecule has 0 atom stereocenters. The molecule has 0 saturated heterocycles. The Morgan fingerprint density at radius 1 is 0.354 bits per heavy atom. The lowest BCUT2D eigenvalue weighted by atomic mass is 9.67. The minimum Gasteiger partial charge on any atom is -0.310 e. The van der Waals surface area contributed by atoms with E-state index in [0.29, 0.717) is 5.92 Å². The van der Waals surface area contributed by atoms with Crippen molar-refractivity contribution in [2.75, 3.05) is 4.90 Å². The minimum absolute atomic E-state index is 0.475. The van der Waals surface area contributed by atoms with Crippen LogP contribution in [0.2, 0.25) is 0 Å². The van der Waals surface area contributed by atoms with Crippen LogP contribution in [0.1, 0.15) is 65.8 Å². The number of fused-ring (bicyclic) bond motifs is 7. The lowest BCUT2D eigenvalue weighted by Gasteiger charge is -2.34. The SMILES string of the molecule is c1ccc(-n2c3ccccc3c3ccc(-c4cccc(N(c5ccc(-c6ccc7c(c6)C(c6ccccc6)(c6ccccc6)c6ccccc6-7)cc5)c5ccccc5-c5cccc6cccc(C7CCCCC7)c56)c4)cc32)cc1. The molecular formula is C77H58N2. The van der Waals surface area contributed by atoms with E-state index >= 15 is 0 Å². The Kier molecular flexibility index (Phi) is 11.5. The summed E-state index contributed by atoms with van der Waals surface area (Å²) >= 11 is 0. The van der Waals surface area contributed by atoms with Gasteiger partial charge in [0.25, 0.3) is 0 Å². The van der Waals surface area contributed by atoms with Crippen LogP contribution in [0.25, 0.3) is 82.8 Å². The van der Waals surface area contributed by atoms with E-state index in [4.69, 9.17) is 0 Å². The molecule has 0 bridgehead atoms. The Morgan fingerprint density at radius 2 is 0.937 bits per heavy atom. The molecule has 2 nitrogen and oxygen atoms in total. The van der Waals surface area contributed by atoms with Crippen LogP contribution in [0.5, 0.6) is 0 Å². The van der Waals surface area contributed by atoms with E-state index in [-0.39, 0.29) is 0 Å². The Balaban J connectivity index is 0.897. The van der Waals surface area contributed by atoms with Crippen molar-refractivity contribution in [2.24, 2.45) is 0 Å². The first kappa shape index (κ1) is 46.8. The number of para-hydroxylation sites is 3. The maximum absolute atomic E-state index is 2.50. The molecular weight excluding hydrogens is 953 g/mol. The summed E-state index contributed by atoms with van der Waals surface area (Å²) in [4.78, 5) is 2.50. The van der Waals surface area contributed by atoms with Gasteiger partial charge in [-0.2, -0.15) is 0 Å². The van der Waals surface area contributed by atoms with Crippen molar-refractivity contribution in [1.82, 2.24) is 4.57 Å². The Morgan fingerprint density at radius 3 is 1.72 bits per heavy atom. The highest BCUT2D eigenvalue weighted by atomic mass is 15.1. The van der Waals surface area contributed by atoms with Crippen molar-refractivity contribution in [1.29, 1.82) is 0 Å². The molecule has 0 aliphatic heterocycles. The lowest BCUT2D eigenvalue weighted by Crippen LogP contribution is -2.28. The third-order valence-corrected chi connectivity index (χ3v) is 17.5. The fraction of sp³-hybridized carbons (Fsp3) is 0.0909. The number of hydrogen-bond donors (Lipinski definition) is 0. The molecule has 2 aliphatic carbocycles. The predicted octanol–water partition coefficient (Wildman–Crippen LogP) is 20.8. The Bertz CT molecular complexity index is 4350. The van der Waals surface area contributed by atoms with Crippen molar-refractivity contribution in [3.8, 4) is 50.2 Å². The largest absolute Gasteiger partial charge is 0.310 e. The first-order chi connectivity index (χ1) is 39.2. The van der Waals surface area contributed by atoms with E-state index in [9.17, 15) is 0 Å². The molecule has 1 saturated carbocycles. The Hall–Kier alpha value is -9.50. The molecule has 376 valence electrons. The second-order valence-corrected chi connectivity index (χ2v) is 21.7. The number of nitrogens with zero attached hydrogens (tertiary/aromatic N) is 2. The average molecular weight is 1010 g/mol. The molecule has 1 heterocycles. The van der Waals surface area contributed by atoms with Gasteiger partial charge in [0.05, 0.1) is 22.1 Å². The van der Waals surface area contributed by atoms with Gasteiger partial charge in [-0.1, -0.05) is 244 Å². The van der Waals surface area contributed by atoms with Crippen molar-refractivity contribution in [3.63, 3.8) is 0 Å². The monoisotopic (exact) mass is 1010 g/mol. The highest BCUT2D eigenvalue weighted by Gasteiger charge is 2.46. The number of aromatic nitrogens is 1. The molecule has 0 unspecified atom stereocenters. The highest BCUT2D eigenvalue weighted by molar-refractivity contribution is 6.10. The van der Waals surface area contributed by atoms with Crippen LogP contribution < -0.4 is 4.90 Å². The fourth-order valence-corrected chi connectivity index (χ4v) is 13.9. The van der Waals surface area contributed by atoms with Crippen molar-refractivity contribution in [3.05, 3.63) is 313 Å². The number of anilines is 3. The second-order valence-electron chi connectivity index (χ2n) is 21.7. The fourth-order valence-electron chi connectivity index (χ4n) is 13.9. The molecule has 0 amide bonds. The molecule has 1 aromatic heterocycles. The number of hydrogen-bond acceptors (Lipinski definition) is 1. The molecule has 2 aliphatic rings. The van der Waals surface area contributed by atoms with Crippen LogP contribution in [0.3, 0.4) is 0 Å². The van der Waals surface area contributed by atoms with Gasteiger partial charge in [-0.15, -0.1) is 0 Å². The standard InChI is InChI=1S/C77H58N2/c1-5-22-54(23-6-1)64-37-20-24-55-25-21-38-70(76(55)64)68-36-15-17-40-73(68)78(63-33-19-26-56(50-63)58-45-49-69-67-35-14-18-41-74(67)79(75(69)52-58)61-31-11-4-12-32-61)62-46-42-53(43-47-62)57-44-48-66-65-34-13-16-39-71(65)77(72(66)51-57,59-27-7-2-8-28-59)60-29-9-3-10-30-60/h2-4,7-21,24-52,54H,1,5-6,22-23H2. The van der Waals surface area contributed by atoms with Crippen molar-refractivity contribution in [2.45, 2.75) is 43.4 Å². The van der Waals surface area contributed by atoms with E-state index in [0.717, 1.165) is 28.3 Å². The molecule has 0 radical (unpaired) electrons. The van der Waals surface area contributed by atoms with Crippen LogP contribution in [-0.4, -0.2) is 4.57 Å². The summed E-state index contributed by atoms with van der Waals surface area (Å²) in [6.07, 6.45) is 6.41. The second kappa shape index (κ2) is 19.5. The van der Waals surface area contributed by atoms with Gasteiger partial charge < -0.3 is 9.47 Å². The number of benzene rings is 12. The van der Waals surface area contributed by atoms with Gasteiger partial charge >= 0.3 is 0 Å². The van der Waals surface area contributed by atoms with Crippen LogP contribution in [0.4, 0.5) is 17.1 Å². The summed E-state index contributed by atoms with van der Waals surface area (Å²) in [7, 11) is 0. The maximum atomic E-state index is 2.50. The molecule has 12 aromatic carbocycles. The smallest absolute Gasteiger partial charge is 0.0713 e. The first-order valence-corrected chi connectivity index (χ1v) is 28.3. The minimum atomic E-state index is -0.475. The zero-order chi connectivity index (χ0) is 52.3. The predicted molar refractivity (Wildman–Crippen MR) is 332 cm³/mol. The lowest BCUT2D eigenvalue weighted by molar-refractivity contribution is 0.445. The summed E-state index contributed by atoms with van der Waals surface area (Å²) in [6.45, 7) is 0. The quantitative estimate of drug-likeness (QED) is 0.133. The Labute approximate surface area is 463 Å². The van der Waals surface area contributed by atoms with Crippen LogP contribution >= 0.6 is 0 Å². The van der Waals surface area contributed by atoms with Gasteiger partial charge in [-0.05, 0) is 157 Å².